The number of halogens is 2. The first-order valence-corrected chi connectivity index (χ1v) is 13.1. The molecule has 0 spiro atoms. The topological polar surface area (TPSA) is 113 Å². The quantitative estimate of drug-likeness (QED) is 0.270. The number of rotatable bonds is 9. The molecular formula is C30H28ClFN4O5. The first-order chi connectivity index (χ1) is 19.4. The van der Waals surface area contributed by atoms with Gasteiger partial charge in [0.15, 0.2) is 11.6 Å². The van der Waals surface area contributed by atoms with E-state index >= 15 is 4.39 Å². The number of carbonyl (C=O) groups is 4. The Labute approximate surface area is 240 Å². The van der Waals surface area contributed by atoms with Crippen molar-refractivity contribution in [2.75, 3.05) is 18.5 Å². The van der Waals surface area contributed by atoms with Crippen molar-refractivity contribution in [2.45, 2.75) is 33.4 Å². The minimum absolute atomic E-state index is 0.0193. The average molecular weight is 579 g/mol. The molecule has 0 fully saturated rings. The molecule has 0 unspecified atom stereocenters. The highest BCUT2D eigenvalue weighted by molar-refractivity contribution is 6.33. The number of anilines is 1. The van der Waals surface area contributed by atoms with Gasteiger partial charge >= 0.3 is 5.97 Å². The zero-order chi connectivity index (χ0) is 30.0. The van der Waals surface area contributed by atoms with Crippen molar-refractivity contribution in [3.8, 4) is 11.1 Å². The molecule has 0 aliphatic heterocycles. The highest BCUT2D eigenvalue weighted by Gasteiger charge is 2.26. The number of Topliss-reactive ketones (excluding diaryl/α,β-unsaturated/α-hetero) is 1. The molecule has 1 heterocycles. The molecule has 0 aliphatic rings. The first-order valence-electron chi connectivity index (χ1n) is 12.7. The molecule has 2 amide bonds. The number of nitrogens with zero attached hydrogens (tertiary/aromatic N) is 4. The SMILES string of the molecule is CC(=O)c1nn(CC(=O)N(CC(=O)N(C)c2cccc(-c3ccccc3Cl)c2F)C(C)C)c2ccc(C(=O)O)cc12. The van der Waals surface area contributed by atoms with Gasteiger partial charge in [0.05, 0.1) is 16.8 Å². The molecule has 0 saturated carbocycles. The number of ketones is 1. The fraction of sp³-hybridized carbons (Fsp3) is 0.233. The third-order valence-corrected chi connectivity index (χ3v) is 7.07. The molecule has 0 saturated heterocycles. The third-order valence-electron chi connectivity index (χ3n) is 6.74. The molecule has 11 heteroatoms. The number of fused-ring (bicyclic) bond motifs is 1. The Morgan fingerprint density at radius 2 is 1.68 bits per heavy atom. The van der Waals surface area contributed by atoms with E-state index in [9.17, 15) is 24.3 Å². The number of aromatic nitrogens is 2. The summed E-state index contributed by atoms with van der Waals surface area (Å²) in [5.41, 5.74) is 1.18. The Bertz CT molecular complexity index is 1680. The molecule has 0 radical (unpaired) electrons. The molecule has 4 aromatic rings. The summed E-state index contributed by atoms with van der Waals surface area (Å²) < 4.78 is 16.9. The van der Waals surface area contributed by atoms with Crippen molar-refractivity contribution in [3.63, 3.8) is 0 Å². The number of benzene rings is 3. The maximum absolute atomic E-state index is 15.6. The Morgan fingerprint density at radius 1 is 1.00 bits per heavy atom. The second kappa shape index (κ2) is 11.9. The summed E-state index contributed by atoms with van der Waals surface area (Å²) in [7, 11) is 1.43. The molecule has 4 rings (SSSR count). The summed E-state index contributed by atoms with van der Waals surface area (Å²) in [4.78, 5) is 52.8. The van der Waals surface area contributed by atoms with Crippen LogP contribution in [0.15, 0.2) is 60.7 Å². The maximum Gasteiger partial charge on any atom is 0.335 e. The lowest BCUT2D eigenvalue weighted by atomic mass is 10.0. The van der Waals surface area contributed by atoms with Crippen LogP contribution in [0, 0.1) is 5.82 Å². The maximum atomic E-state index is 15.6. The zero-order valence-electron chi connectivity index (χ0n) is 22.9. The van der Waals surface area contributed by atoms with Gasteiger partial charge in [-0.05, 0) is 44.2 Å². The Hall–Kier alpha value is -4.57. The molecule has 0 bridgehead atoms. The molecule has 1 aromatic heterocycles. The van der Waals surface area contributed by atoms with Gasteiger partial charge in [0, 0.05) is 41.5 Å². The van der Waals surface area contributed by atoms with Gasteiger partial charge < -0.3 is 14.9 Å². The van der Waals surface area contributed by atoms with Gasteiger partial charge in [-0.2, -0.15) is 5.10 Å². The van der Waals surface area contributed by atoms with Crippen LogP contribution in [0.5, 0.6) is 0 Å². The number of hydrogen-bond acceptors (Lipinski definition) is 5. The highest BCUT2D eigenvalue weighted by Crippen LogP contribution is 2.33. The van der Waals surface area contributed by atoms with Crippen molar-refractivity contribution in [1.82, 2.24) is 14.7 Å². The lowest BCUT2D eigenvalue weighted by Crippen LogP contribution is -2.46. The minimum atomic E-state index is -1.16. The summed E-state index contributed by atoms with van der Waals surface area (Å²) >= 11 is 6.26. The van der Waals surface area contributed by atoms with Crippen LogP contribution in [0.2, 0.25) is 5.02 Å². The lowest BCUT2D eigenvalue weighted by Gasteiger charge is -2.29. The summed E-state index contributed by atoms with van der Waals surface area (Å²) in [5, 5.41) is 14.3. The van der Waals surface area contributed by atoms with E-state index in [1.54, 1.807) is 50.2 Å². The normalized spacial score (nSPS) is 11.1. The Morgan fingerprint density at radius 3 is 2.32 bits per heavy atom. The van der Waals surface area contributed by atoms with Gasteiger partial charge in [0.1, 0.15) is 18.8 Å². The largest absolute Gasteiger partial charge is 0.478 e. The van der Waals surface area contributed by atoms with Crippen molar-refractivity contribution in [1.29, 1.82) is 0 Å². The van der Waals surface area contributed by atoms with Crippen LogP contribution in [0.4, 0.5) is 10.1 Å². The van der Waals surface area contributed by atoms with E-state index < -0.39 is 29.6 Å². The van der Waals surface area contributed by atoms with E-state index in [1.165, 1.54) is 47.8 Å². The second-order valence-corrected chi connectivity index (χ2v) is 10.2. The molecule has 9 nitrogen and oxygen atoms in total. The van der Waals surface area contributed by atoms with Crippen LogP contribution < -0.4 is 4.90 Å². The Kier molecular flexibility index (Phi) is 8.53. The van der Waals surface area contributed by atoms with Crippen LogP contribution in [0.1, 0.15) is 41.6 Å². The van der Waals surface area contributed by atoms with Crippen LogP contribution in [0.3, 0.4) is 0 Å². The summed E-state index contributed by atoms with van der Waals surface area (Å²) in [6, 6.07) is 15.3. The summed E-state index contributed by atoms with van der Waals surface area (Å²) in [5.74, 6) is -3.16. The van der Waals surface area contributed by atoms with Crippen LogP contribution in [-0.4, -0.2) is 63.0 Å². The first kappa shape index (κ1) is 29.4. The average Bonchev–Trinajstić information content (AvgIpc) is 3.29. The standard InChI is InChI=1S/C30H28ClFN4O5/c1-17(2)35(27(39)16-36-24-13-12-19(30(40)41)14-22(24)29(33-36)18(3)37)15-26(38)34(4)25-11-7-9-21(28(25)32)20-8-5-6-10-23(20)31/h5-14,17H,15-16H2,1-4H3,(H,40,41). The molecule has 0 aliphatic carbocycles. The molecule has 212 valence electrons. The van der Waals surface area contributed by atoms with Crippen molar-refractivity contribution in [2.24, 2.45) is 0 Å². The van der Waals surface area contributed by atoms with E-state index in [0.717, 1.165) is 4.90 Å². The summed E-state index contributed by atoms with van der Waals surface area (Å²) in [6.07, 6.45) is 0. The number of aromatic carboxylic acids is 1. The highest BCUT2D eigenvalue weighted by atomic mass is 35.5. The van der Waals surface area contributed by atoms with Gasteiger partial charge in [-0.25, -0.2) is 9.18 Å². The van der Waals surface area contributed by atoms with Gasteiger partial charge in [-0.3, -0.25) is 19.1 Å². The van der Waals surface area contributed by atoms with Crippen LogP contribution in [0.25, 0.3) is 22.0 Å². The number of amides is 2. The van der Waals surface area contributed by atoms with Crippen LogP contribution >= 0.6 is 11.6 Å². The second-order valence-electron chi connectivity index (χ2n) is 9.79. The number of carboxylic acid groups (broad SMARTS) is 1. The zero-order valence-corrected chi connectivity index (χ0v) is 23.6. The van der Waals surface area contributed by atoms with E-state index in [1.807, 2.05) is 0 Å². The van der Waals surface area contributed by atoms with Crippen molar-refractivity contribution < 1.29 is 28.7 Å². The molecule has 1 N–H and O–H groups in total. The number of carboxylic acids is 1. The fourth-order valence-corrected chi connectivity index (χ4v) is 4.76. The van der Waals surface area contributed by atoms with Gasteiger partial charge in [0.2, 0.25) is 11.8 Å². The minimum Gasteiger partial charge on any atom is -0.478 e. The molecule has 3 aromatic carbocycles. The Balaban J connectivity index is 1.59. The van der Waals surface area contributed by atoms with E-state index in [4.69, 9.17) is 11.6 Å². The monoisotopic (exact) mass is 578 g/mol. The molecule has 0 atom stereocenters. The van der Waals surface area contributed by atoms with Gasteiger partial charge in [0.25, 0.3) is 0 Å². The van der Waals surface area contributed by atoms with E-state index in [2.05, 4.69) is 5.10 Å². The fourth-order valence-electron chi connectivity index (χ4n) is 4.52. The van der Waals surface area contributed by atoms with Crippen molar-refractivity contribution >= 4 is 51.8 Å². The van der Waals surface area contributed by atoms with Crippen molar-refractivity contribution in [3.05, 3.63) is 82.8 Å². The van der Waals surface area contributed by atoms with Crippen LogP contribution in [-0.2, 0) is 16.1 Å². The van der Waals surface area contributed by atoms with E-state index in [-0.39, 0.29) is 41.4 Å². The number of hydrogen-bond donors (Lipinski definition) is 1. The van der Waals surface area contributed by atoms with Gasteiger partial charge in [-0.15, -0.1) is 0 Å². The third kappa shape index (κ3) is 5.97. The molecule has 41 heavy (non-hydrogen) atoms. The number of carbonyl (C=O) groups excluding carboxylic acids is 3. The lowest BCUT2D eigenvalue weighted by molar-refractivity contribution is -0.137. The predicted molar refractivity (Wildman–Crippen MR) is 154 cm³/mol. The number of likely N-dealkylation sites (N-methyl/N-ethyl adjacent to an activating group) is 1. The smallest absolute Gasteiger partial charge is 0.335 e. The molecular weight excluding hydrogens is 551 g/mol. The van der Waals surface area contributed by atoms with E-state index in [0.29, 0.717) is 21.5 Å². The van der Waals surface area contributed by atoms with Gasteiger partial charge in [-0.1, -0.05) is 41.9 Å². The summed E-state index contributed by atoms with van der Waals surface area (Å²) in [6.45, 7) is 4.14. The predicted octanol–water partition coefficient (Wildman–Crippen LogP) is 5.30.